The third-order valence-electron chi connectivity index (χ3n) is 3.15. The van der Waals surface area contributed by atoms with E-state index in [-0.39, 0.29) is 5.91 Å². The molecule has 0 saturated carbocycles. The quantitative estimate of drug-likeness (QED) is 0.729. The van der Waals surface area contributed by atoms with Crippen LogP contribution in [0.4, 0.5) is 0 Å². The molecule has 1 aromatic carbocycles. The lowest BCUT2D eigenvalue weighted by atomic mass is 10.1. The molecule has 19 heavy (non-hydrogen) atoms. The Kier molecular flexibility index (Phi) is 6.90. The molecule has 1 rings (SSSR count). The van der Waals surface area contributed by atoms with Crippen molar-refractivity contribution in [2.75, 3.05) is 26.2 Å². The average Bonchev–Trinajstić information content (AvgIpc) is 2.45. The maximum absolute atomic E-state index is 11.8. The Morgan fingerprint density at radius 2 is 1.84 bits per heavy atom. The lowest BCUT2D eigenvalue weighted by Crippen LogP contribution is -2.33. The molecule has 3 nitrogen and oxygen atoms in total. The minimum atomic E-state index is 0.211. The van der Waals surface area contributed by atoms with Crippen LogP contribution in [0.2, 0.25) is 0 Å². The predicted octanol–water partition coefficient (Wildman–Crippen LogP) is 2.55. The molecule has 0 bridgehead atoms. The zero-order valence-corrected chi connectivity index (χ0v) is 12.0. The molecular weight excluding hydrogens is 236 g/mol. The Morgan fingerprint density at radius 1 is 1.21 bits per heavy atom. The van der Waals surface area contributed by atoms with Crippen LogP contribution in [-0.4, -0.2) is 37.0 Å². The van der Waals surface area contributed by atoms with Crippen LogP contribution in [0.3, 0.4) is 0 Å². The number of carbonyl (C=O) groups is 1. The highest BCUT2D eigenvalue weighted by atomic mass is 16.2. The van der Waals surface area contributed by atoms with Gasteiger partial charge in [-0.2, -0.15) is 0 Å². The van der Waals surface area contributed by atoms with Gasteiger partial charge in [0.1, 0.15) is 0 Å². The maximum atomic E-state index is 11.8. The molecule has 0 aromatic heterocycles. The van der Waals surface area contributed by atoms with Gasteiger partial charge in [0.05, 0.1) is 0 Å². The normalized spacial score (nSPS) is 10.2. The molecule has 0 heterocycles. The summed E-state index contributed by atoms with van der Waals surface area (Å²) in [7, 11) is 0. The van der Waals surface area contributed by atoms with Gasteiger partial charge in [-0.3, -0.25) is 4.79 Å². The van der Waals surface area contributed by atoms with E-state index < -0.39 is 0 Å². The van der Waals surface area contributed by atoms with Crippen molar-refractivity contribution in [1.29, 1.82) is 0 Å². The Morgan fingerprint density at radius 3 is 2.42 bits per heavy atom. The highest BCUT2D eigenvalue weighted by Crippen LogP contribution is 2.09. The van der Waals surface area contributed by atoms with Crippen molar-refractivity contribution in [3.05, 3.63) is 42.5 Å². The van der Waals surface area contributed by atoms with Crippen molar-refractivity contribution in [2.24, 2.45) is 0 Å². The first-order valence-corrected chi connectivity index (χ1v) is 6.90. The predicted molar refractivity (Wildman–Crippen MR) is 80.9 cm³/mol. The zero-order valence-electron chi connectivity index (χ0n) is 12.0. The van der Waals surface area contributed by atoms with Crippen LogP contribution in [0, 0.1) is 0 Å². The summed E-state index contributed by atoms with van der Waals surface area (Å²) in [6.07, 6.45) is 0.545. The molecule has 0 spiro atoms. The summed E-state index contributed by atoms with van der Waals surface area (Å²) in [6.45, 7) is 11.0. The number of hydrogen-bond donors (Lipinski definition) is 1. The van der Waals surface area contributed by atoms with Crippen LogP contribution in [0.25, 0.3) is 5.57 Å². The topological polar surface area (TPSA) is 32.3 Å². The largest absolute Gasteiger partial charge is 0.343 e. The van der Waals surface area contributed by atoms with Crippen molar-refractivity contribution < 1.29 is 4.79 Å². The van der Waals surface area contributed by atoms with E-state index in [1.54, 1.807) is 0 Å². The van der Waals surface area contributed by atoms with Gasteiger partial charge in [0.2, 0.25) is 5.91 Å². The number of nitrogens with one attached hydrogen (secondary N) is 1. The fourth-order valence-electron chi connectivity index (χ4n) is 1.94. The summed E-state index contributed by atoms with van der Waals surface area (Å²) in [6, 6.07) is 10.1. The molecule has 1 aromatic rings. The van der Waals surface area contributed by atoms with Crippen LogP contribution in [0.1, 0.15) is 25.8 Å². The van der Waals surface area contributed by atoms with Crippen LogP contribution in [-0.2, 0) is 4.79 Å². The molecule has 1 amide bonds. The van der Waals surface area contributed by atoms with Gasteiger partial charge in [-0.1, -0.05) is 36.9 Å². The van der Waals surface area contributed by atoms with Gasteiger partial charge in [0.25, 0.3) is 0 Å². The molecule has 0 saturated heterocycles. The van der Waals surface area contributed by atoms with Gasteiger partial charge in [0, 0.05) is 32.6 Å². The van der Waals surface area contributed by atoms with Crippen molar-refractivity contribution >= 4 is 11.5 Å². The number of carbonyl (C=O) groups excluding carboxylic acids is 1. The lowest BCUT2D eigenvalue weighted by molar-refractivity contribution is -0.130. The monoisotopic (exact) mass is 260 g/mol. The van der Waals surface area contributed by atoms with Crippen molar-refractivity contribution in [2.45, 2.75) is 20.3 Å². The van der Waals surface area contributed by atoms with E-state index in [1.165, 1.54) is 0 Å². The summed E-state index contributed by atoms with van der Waals surface area (Å²) in [5.41, 5.74) is 2.20. The lowest BCUT2D eigenvalue weighted by Gasteiger charge is -2.18. The van der Waals surface area contributed by atoms with E-state index in [0.717, 1.165) is 30.8 Å². The molecule has 0 aliphatic heterocycles. The molecule has 0 fully saturated rings. The first-order valence-electron chi connectivity index (χ1n) is 6.90. The number of hydrogen-bond acceptors (Lipinski definition) is 2. The summed E-state index contributed by atoms with van der Waals surface area (Å²) in [4.78, 5) is 13.6. The fourth-order valence-corrected chi connectivity index (χ4v) is 1.94. The van der Waals surface area contributed by atoms with Gasteiger partial charge in [-0.15, -0.1) is 0 Å². The Bertz CT molecular complexity index is 396. The highest BCUT2D eigenvalue weighted by molar-refractivity contribution is 5.76. The second kappa shape index (κ2) is 8.48. The number of nitrogens with zero attached hydrogens (tertiary/aromatic N) is 1. The molecular formula is C16H24N2O. The molecule has 0 aliphatic carbocycles. The van der Waals surface area contributed by atoms with Gasteiger partial charge in [-0.25, -0.2) is 0 Å². The standard InChI is InChI=1S/C16H24N2O/c1-4-18(5-2)16(19)11-12-17-13-14(3)15-9-7-6-8-10-15/h6-10,17H,3-5,11-13H2,1-2H3. The summed E-state index contributed by atoms with van der Waals surface area (Å²) >= 11 is 0. The van der Waals surface area contributed by atoms with E-state index >= 15 is 0 Å². The maximum Gasteiger partial charge on any atom is 0.223 e. The Balaban J connectivity index is 2.24. The zero-order chi connectivity index (χ0) is 14.1. The summed E-state index contributed by atoms with van der Waals surface area (Å²) < 4.78 is 0. The molecule has 0 atom stereocenters. The van der Waals surface area contributed by atoms with Crippen molar-refractivity contribution in [3.63, 3.8) is 0 Å². The van der Waals surface area contributed by atoms with Gasteiger partial charge in [0.15, 0.2) is 0 Å². The first-order chi connectivity index (χ1) is 9.19. The van der Waals surface area contributed by atoms with E-state index in [4.69, 9.17) is 0 Å². The van der Waals surface area contributed by atoms with Crippen molar-refractivity contribution in [1.82, 2.24) is 10.2 Å². The molecule has 0 unspecified atom stereocenters. The average molecular weight is 260 g/mol. The van der Waals surface area contributed by atoms with Gasteiger partial charge >= 0.3 is 0 Å². The second-order valence-electron chi connectivity index (χ2n) is 4.46. The first kappa shape index (κ1) is 15.4. The molecule has 3 heteroatoms. The van der Waals surface area contributed by atoms with Crippen LogP contribution < -0.4 is 5.32 Å². The number of rotatable bonds is 8. The SMILES string of the molecule is C=C(CNCCC(=O)N(CC)CC)c1ccccc1. The molecule has 1 N–H and O–H groups in total. The number of benzene rings is 1. The highest BCUT2D eigenvalue weighted by Gasteiger charge is 2.08. The van der Waals surface area contributed by atoms with E-state index in [1.807, 2.05) is 49.1 Å². The van der Waals surface area contributed by atoms with Crippen LogP contribution in [0.5, 0.6) is 0 Å². The third-order valence-corrected chi connectivity index (χ3v) is 3.15. The van der Waals surface area contributed by atoms with Gasteiger partial charge in [-0.05, 0) is 25.0 Å². The molecule has 0 radical (unpaired) electrons. The van der Waals surface area contributed by atoms with Crippen molar-refractivity contribution in [3.8, 4) is 0 Å². The van der Waals surface area contributed by atoms with E-state index in [0.29, 0.717) is 13.0 Å². The summed E-state index contributed by atoms with van der Waals surface area (Å²) in [5.74, 6) is 0.211. The number of amides is 1. The Hall–Kier alpha value is -1.61. The van der Waals surface area contributed by atoms with E-state index in [9.17, 15) is 4.79 Å². The minimum absolute atomic E-state index is 0.211. The van der Waals surface area contributed by atoms with Crippen LogP contribution in [0.15, 0.2) is 36.9 Å². The second-order valence-corrected chi connectivity index (χ2v) is 4.46. The third kappa shape index (κ3) is 5.26. The smallest absolute Gasteiger partial charge is 0.223 e. The minimum Gasteiger partial charge on any atom is -0.343 e. The molecule has 0 aliphatic rings. The molecule has 104 valence electrons. The van der Waals surface area contributed by atoms with Crippen LogP contribution >= 0.6 is 0 Å². The van der Waals surface area contributed by atoms with E-state index in [2.05, 4.69) is 11.9 Å². The Labute approximate surface area is 116 Å². The summed E-state index contributed by atoms with van der Waals surface area (Å²) in [5, 5.41) is 3.27. The fraction of sp³-hybridized carbons (Fsp3) is 0.438. The van der Waals surface area contributed by atoms with Gasteiger partial charge < -0.3 is 10.2 Å².